The molecule has 0 aliphatic rings. The Morgan fingerprint density at radius 1 is 0.711 bits per heavy atom. The number of rotatable bonds is 9. The van der Waals surface area contributed by atoms with E-state index in [4.69, 9.17) is 28.2 Å². The number of nitrogens with one attached hydrogen (secondary N) is 1. The standard InChI is InChI=1S/C31H28Cl2N3S2/c1-36(2,20-22-16-17-26(32)27(33)18-22)21-23-19-34-31(35-23)30-28(37-24-10-5-3-6-11-24)14-9-15-29(30)38-25-12-7-4-8-13-25/h3-19H,20-21H2,1-2H3,(H,34,35)/q+1. The van der Waals surface area contributed by atoms with Gasteiger partial charge in [-0.15, -0.1) is 0 Å². The molecule has 1 heterocycles. The van der Waals surface area contributed by atoms with Crippen molar-refractivity contribution in [3.63, 3.8) is 0 Å². The van der Waals surface area contributed by atoms with Crippen LogP contribution in [-0.2, 0) is 13.1 Å². The van der Waals surface area contributed by atoms with Gasteiger partial charge in [-0.05, 0) is 48.5 Å². The summed E-state index contributed by atoms with van der Waals surface area (Å²) in [6.45, 7) is 1.61. The van der Waals surface area contributed by atoms with Gasteiger partial charge in [-0.25, -0.2) is 4.98 Å². The fourth-order valence-electron chi connectivity index (χ4n) is 4.36. The fourth-order valence-corrected chi connectivity index (χ4v) is 6.75. The molecule has 1 aromatic heterocycles. The molecule has 0 unspecified atom stereocenters. The van der Waals surface area contributed by atoms with Crippen molar-refractivity contribution in [3.8, 4) is 11.4 Å². The van der Waals surface area contributed by atoms with Crippen molar-refractivity contribution in [2.75, 3.05) is 14.1 Å². The molecule has 1 N–H and O–H groups in total. The third-order valence-corrected chi connectivity index (χ3v) is 8.86. The van der Waals surface area contributed by atoms with Gasteiger partial charge in [-0.2, -0.15) is 0 Å². The van der Waals surface area contributed by atoms with Crippen molar-refractivity contribution >= 4 is 46.7 Å². The summed E-state index contributed by atoms with van der Waals surface area (Å²) in [6, 6.07) is 33.3. The second-order valence-corrected chi connectivity index (χ2v) is 12.8. The van der Waals surface area contributed by atoms with E-state index < -0.39 is 0 Å². The number of halogens is 2. The highest BCUT2D eigenvalue weighted by molar-refractivity contribution is 8.00. The van der Waals surface area contributed by atoms with E-state index in [2.05, 4.69) is 85.8 Å². The topological polar surface area (TPSA) is 28.7 Å². The maximum absolute atomic E-state index is 6.26. The summed E-state index contributed by atoms with van der Waals surface area (Å²) in [5, 5.41) is 1.17. The Hall–Kier alpha value is -2.67. The fraction of sp³-hybridized carbons (Fsp3) is 0.129. The van der Waals surface area contributed by atoms with E-state index in [1.807, 2.05) is 36.5 Å². The number of aromatic nitrogens is 2. The first-order valence-corrected chi connectivity index (χ1v) is 14.6. The van der Waals surface area contributed by atoms with E-state index in [-0.39, 0.29) is 0 Å². The molecule has 3 nitrogen and oxygen atoms in total. The minimum Gasteiger partial charge on any atom is -0.337 e. The molecule has 0 bridgehead atoms. The average molecular weight is 578 g/mol. The van der Waals surface area contributed by atoms with Crippen LogP contribution in [0.25, 0.3) is 11.4 Å². The summed E-state index contributed by atoms with van der Waals surface area (Å²) in [5.74, 6) is 0.881. The van der Waals surface area contributed by atoms with E-state index in [0.717, 1.165) is 40.2 Å². The molecule has 0 aliphatic heterocycles. The molecule has 0 saturated heterocycles. The second kappa shape index (κ2) is 12.0. The molecule has 0 fully saturated rings. The molecule has 7 heteroatoms. The van der Waals surface area contributed by atoms with Crippen LogP contribution in [0.1, 0.15) is 11.3 Å². The Morgan fingerprint density at radius 2 is 1.32 bits per heavy atom. The zero-order chi connectivity index (χ0) is 26.5. The predicted octanol–water partition coefficient (Wildman–Crippen LogP) is 9.46. The highest BCUT2D eigenvalue weighted by atomic mass is 35.5. The van der Waals surface area contributed by atoms with Crippen LogP contribution in [0.15, 0.2) is 123 Å². The van der Waals surface area contributed by atoms with E-state index in [1.165, 1.54) is 19.6 Å². The molecule has 5 aromatic rings. The Labute approximate surface area is 242 Å². The first kappa shape index (κ1) is 26.9. The van der Waals surface area contributed by atoms with Crippen molar-refractivity contribution < 1.29 is 4.48 Å². The van der Waals surface area contributed by atoms with Crippen LogP contribution < -0.4 is 0 Å². The summed E-state index contributed by atoms with van der Waals surface area (Å²) < 4.78 is 0.742. The van der Waals surface area contributed by atoms with Gasteiger partial charge < -0.3 is 9.47 Å². The summed E-state index contributed by atoms with van der Waals surface area (Å²) in [5.41, 5.74) is 3.35. The zero-order valence-electron chi connectivity index (χ0n) is 21.2. The second-order valence-electron chi connectivity index (χ2n) is 9.72. The summed E-state index contributed by atoms with van der Waals surface area (Å²) in [4.78, 5) is 13.3. The van der Waals surface area contributed by atoms with Gasteiger partial charge in [-0.1, -0.05) is 95.3 Å². The van der Waals surface area contributed by atoms with Gasteiger partial charge in [0.1, 0.15) is 18.9 Å². The number of hydrogen-bond donors (Lipinski definition) is 1. The average Bonchev–Trinajstić information content (AvgIpc) is 3.34. The summed E-state index contributed by atoms with van der Waals surface area (Å²) in [6.07, 6.45) is 1.96. The zero-order valence-corrected chi connectivity index (χ0v) is 24.3. The van der Waals surface area contributed by atoms with Crippen LogP contribution in [0.4, 0.5) is 0 Å². The van der Waals surface area contributed by atoms with E-state index >= 15 is 0 Å². The molecule has 0 radical (unpaired) electrons. The lowest BCUT2D eigenvalue weighted by Gasteiger charge is -2.29. The monoisotopic (exact) mass is 576 g/mol. The van der Waals surface area contributed by atoms with Crippen molar-refractivity contribution in [2.45, 2.75) is 32.7 Å². The first-order chi connectivity index (χ1) is 18.4. The van der Waals surface area contributed by atoms with Crippen LogP contribution in [0.2, 0.25) is 10.0 Å². The van der Waals surface area contributed by atoms with Gasteiger partial charge in [0.25, 0.3) is 0 Å². The largest absolute Gasteiger partial charge is 0.337 e. The van der Waals surface area contributed by atoms with Crippen LogP contribution >= 0.6 is 46.7 Å². The lowest BCUT2D eigenvalue weighted by atomic mass is 10.2. The number of H-pyrrole nitrogens is 1. The van der Waals surface area contributed by atoms with E-state index in [9.17, 15) is 0 Å². The Kier molecular flexibility index (Phi) is 8.51. The molecule has 0 aliphatic carbocycles. The number of quaternary nitrogens is 1. The van der Waals surface area contributed by atoms with Crippen molar-refractivity contribution in [1.29, 1.82) is 0 Å². The quantitative estimate of drug-likeness (QED) is 0.177. The SMILES string of the molecule is C[N+](C)(Cc1ccc(Cl)c(Cl)c1)Cc1cnc(-c2c(Sc3ccccc3)cccc2Sc2ccccc2)[nH]1. The maximum Gasteiger partial charge on any atom is 0.139 e. The van der Waals surface area contributed by atoms with E-state index in [0.29, 0.717) is 10.0 Å². The van der Waals surface area contributed by atoms with Crippen molar-refractivity contribution in [1.82, 2.24) is 9.97 Å². The molecule has 0 saturated carbocycles. The lowest BCUT2D eigenvalue weighted by molar-refractivity contribution is -0.917. The van der Waals surface area contributed by atoms with Crippen LogP contribution in [-0.4, -0.2) is 28.5 Å². The van der Waals surface area contributed by atoms with Crippen molar-refractivity contribution in [2.24, 2.45) is 0 Å². The summed E-state index contributed by atoms with van der Waals surface area (Å²) >= 11 is 15.9. The van der Waals surface area contributed by atoms with Gasteiger partial charge >= 0.3 is 0 Å². The Bertz CT molecular complexity index is 1460. The van der Waals surface area contributed by atoms with Crippen LogP contribution in [0.5, 0.6) is 0 Å². The molecule has 0 amide bonds. The predicted molar refractivity (Wildman–Crippen MR) is 161 cm³/mol. The molecular weight excluding hydrogens is 549 g/mol. The summed E-state index contributed by atoms with van der Waals surface area (Å²) in [7, 11) is 4.41. The van der Waals surface area contributed by atoms with Gasteiger partial charge in [0, 0.05) is 30.7 Å². The molecule has 5 rings (SSSR count). The van der Waals surface area contributed by atoms with Gasteiger partial charge in [0.2, 0.25) is 0 Å². The number of nitrogens with zero attached hydrogens (tertiary/aromatic N) is 2. The van der Waals surface area contributed by atoms with E-state index in [1.54, 1.807) is 23.5 Å². The minimum absolute atomic E-state index is 0.579. The van der Waals surface area contributed by atoms with Gasteiger partial charge in [0.15, 0.2) is 0 Å². The normalized spacial score (nSPS) is 11.6. The minimum atomic E-state index is 0.579. The highest BCUT2D eigenvalue weighted by Crippen LogP contribution is 2.42. The highest BCUT2D eigenvalue weighted by Gasteiger charge is 2.21. The van der Waals surface area contributed by atoms with Gasteiger partial charge in [-0.3, -0.25) is 0 Å². The molecular formula is C31H28Cl2N3S2+. The number of benzene rings is 4. The third kappa shape index (κ3) is 6.85. The lowest BCUT2D eigenvalue weighted by Crippen LogP contribution is -2.37. The number of hydrogen-bond acceptors (Lipinski definition) is 3. The smallest absolute Gasteiger partial charge is 0.139 e. The maximum atomic E-state index is 6.26. The number of imidazole rings is 1. The molecule has 4 aromatic carbocycles. The molecule has 192 valence electrons. The van der Waals surface area contributed by atoms with Crippen LogP contribution in [0, 0.1) is 0 Å². The van der Waals surface area contributed by atoms with Gasteiger partial charge in [0.05, 0.1) is 36.0 Å². The van der Waals surface area contributed by atoms with Crippen molar-refractivity contribution in [3.05, 3.63) is 125 Å². The molecule has 38 heavy (non-hydrogen) atoms. The Balaban J connectivity index is 1.45. The number of aromatic amines is 1. The van der Waals surface area contributed by atoms with Crippen LogP contribution in [0.3, 0.4) is 0 Å². The first-order valence-electron chi connectivity index (χ1n) is 12.3. The molecule has 0 atom stereocenters. The third-order valence-electron chi connectivity index (χ3n) is 5.99. The molecule has 0 spiro atoms. The Morgan fingerprint density at radius 3 is 1.89 bits per heavy atom.